The molecule has 2 aliphatic heterocycles. The Labute approximate surface area is 143 Å². The van der Waals surface area contributed by atoms with Crippen LogP contribution in [0.2, 0.25) is 0 Å². The first-order valence-corrected chi connectivity index (χ1v) is 8.68. The highest BCUT2D eigenvalue weighted by molar-refractivity contribution is 5.91. The van der Waals surface area contributed by atoms with Crippen LogP contribution in [0, 0.1) is 5.92 Å². The summed E-state index contributed by atoms with van der Waals surface area (Å²) in [5, 5.41) is 3.09. The van der Waals surface area contributed by atoms with Gasteiger partial charge in [0.2, 0.25) is 11.8 Å². The molecule has 0 spiro atoms. The Kier molecular flexibility index (Phi) is 4.52. The monoisotopic (exact) mass is 330 g/mol. The van der Waals surface area contributed by atoms with E-state index in [4.69, 9.17) is 4.74 Å². The van der Waals surface area contributed by atoms with E-state index in [-0.39, 0.29) is 17.9 Å². The Morgan fingerprint density at radius 2 is 2.25 bits per heavy atom. The number of nitrogens with one attached hydrogen (secondary N) is 1. The van der Waals surface area contributed by atoms with E-state index in [0.717, 1.165) is 17.7 Å². The fraction of sp³-hybridized carbons (Fsp3) is 0.579. The van der Waals surface area contributed by atoms with E-state index >= 15 is 0 Å². The van der Waals surface area contributed by atoms with Crippen LogP contribution < -0.4 is 10.1 Å². The third-order valence-electron chi connectivity index (χ3n) is 5.20. The fourth-order valence-electron chi connectivity index (χ4n) is 3.87. The van der Waals surface area contributed by atoms with Crippen LogP contribution in [-0.2, 0) is 15.0 Å². The first-order chi connectivity index (χ1) is 11.5. The molecule has 2 atom stereocenters. The molecule has 2 saturated heterocycles. The van der Waals surface area contributed by atoms with Gasteiger partial charge in [0.1, 0.15) is 5.75 Å². The third kappa shape index (κ3) is 2.87. The van der Waals surface area contributed by atoms with Gasteiger partial charge in [0.05, 0.1) is 12.5 Å². The summed E-state index contributed by atoms with van der Waals surface area (Å²) in [6.07, 6.45) is 2.14. The van der Waals surface area contributed by atoms with Gasteiger partial charge in [-0.2, -0.15) is 0 Å². The molecule has 0 aliphatic carbocycles. The van der Waals surface area contributed by atoms with Crippen molar-refractivity contribution in [3.05, 3.63) is 29.8 Å². The molecule has 0 aromatic heterocycles. The molecule has 1 aromatic rings. The van der Waals surface area contributed by atoms with E-state index in [0.29, 0.717) is 31.8 Å². The normalized spacial score (nSPS) is 25.9. The smallest absolute Gasteiger partial charge is 0.232 e. The zero-order valence-corrected chi connectivity index (χ0v) is 14.7. The van der Waals surface area contributed by atoms with Gasteiger partial charge in [-0.3, -0.25) is 9.59 Å². The van der Waals surface area contributed by atoms with E-state index in [2.05, 4.69) is 19.2 Å². The van der Waals surface area contributed by atoms with Gasteiger partial charge in [0, 0.05) is 25.6 Å². The van der Waals surface area contributed by atoms with Gasteiger partial charge in [0.25, 0.3) is 0 Å². The topological polar surface area (TPSA) is 58.6 Å². The number of rotatable bonds is 5. The molecule has 3 rings (SSSR count). The van der Waals surface area contributed by atoms with Crippen LogP contribution in [0.1, 0.15) is 38.7 Å². The van der Waals surface area contributed by atoms with Crippen LogP contribution >= 0.6 is 0 Å². The number of benzene rings is 1. The lowest BCUT2D eigenvalue weighted by Gasteiger charge is -2.29. The van der Waals surface area contributed by atoms with Crippen molar-refractivity contribution >= 4 is 11.8 Å². The first-order valence-electron chi connectivity index (χ1n) is 8.68. The van der Waals surface area contributed by atoms with Gasteiger partial charge in [0.15, 0.2) is 0 Å². The SMILES string of the molecule is COc1cccc([C@]2(C(=O)NCC(C)C)C[C@@H]3CCC(=O)N3C2)c1. The minimum absolute atomic E-state index is 0.0200. The second kappa shape index (κ2) is 6.46. The molecule has 2 fully saturated rings. The Hall–Kier alpha value is -2.04. The molecule has 1 aromatic carbocycles. The minimum atomic E-state index is -0.676. The summed E-state index contributed by atoms with van der Waals surface area (Å²) in [5.41, 5.74) is 0.259. The van der Waals surface area contributed by atoms with Gasteiger partial charge in [-0.05, 0) is 36.5 Å². The number of amides is 2. The van der Waals surface area contributed by atoms with Crippen LogP contribution in [0.4, 0.5) is 0 Å². The lowest BCUT2D eigenvalue weighted by atomic mass is 9.76. The van der Waals surface area contributed by atoms with Crippen LogP contribution in [0.25, 0.3) is 0 Å². The molecule has 0 radical (unpaired) electrons. The number of carbonyl (C=O) groups excluding carboxylic acids is 2. The zero-order valence-electron chi connectivity index (χ0n) is 14.7. The summed E-state index contributed by atoms with van der Waals surface area (Å²) in [7, 11) is 1.63. The predicted octanol–water partition coefficient (Wildman–Crippen LogP) is 2.10. The van der Waals surface area contributed by atoms with Gasteiger partial charge in [-0.25, -0.2) is 0 Å². The summed E-state index contributed by atoms with van der Waals surface area (Å²) in [6, 6.07) is 7.88. The number of hydrogen-bond donors (Lipinski definition) is 1. The maximum absolute atomic E-state index is 13.1. The summed E-state index contributed by atoms with van der Waals surface area (Å²) in [6.45, 7) is 5.26. The second-order valence-electron chi connectivity index (χ2n) is 7.34. The number of carbonyl (C=O) groups is 2. The van der Waals surface area contributed by atoms with Gasteiger partial charge in [-0.1, -0.05) is 26.0 Å². The summed E-state index contributed by atoms with van der Waals surface area (Å²) in [4.78, 5) is 27.2. The lowest BCUT2D eigenvalue weighted by Crippen LogP contribution is -2.47. The van der Waals surface area contributed by atoms with Crippen molar-refractivity contribution in [2.75, 3.05) is 20.2 Å². The van der Waals surface area contributed by atoms with Crippen molar-refractivity contribution in [1.29, 1.82) is 0 Å². The molecular weight excluding hydrogens is 304 g/mol. The summed E-state index contributed by atoms with van der Waals surface area (Å²) < 4.78 is 5.34. The number of methoxy groups -OCH3 is 1. The predicted molar refractivity (Wildman–Crippen MR) is 91.9 cm³/mol. The summed E-state index contributed by atoms with van der Waals surface area (Å²) >= 11 is 0. The van der Waals surface area contributed by atoms with E-state index in [1.807, 2.05) is 29.2 Å². The highest BCUT2D eigenvalue weighted by Gasteiger charge is 2.53. The molecule has 1 N–H and O–H groups in total. The Balaban J connectivity index is 1.95. The Morgan fingerprint density at radius 3 is 2.92 bits per heavy atom. The van der Waals surface area contributed by atoms with Crippen LogP contribution in [-0.4, -0.2) is 43.0 Å². The number of hydrogen-bond acceptors (Lipinski definition) is 3. The van der Waals surface area contributed by atoms with E-state index < -0.39 is 5.41 Å². The molecule has 24 heavy (non-hydrogen) atoms. The highest BCUT2D eigenvalue weighted by Crippen LogP contribution is 2.43. The van der Waals surface area contributed by atoms with E-state index in [9.17, 15) is 9.59 Å². The van der Waals surface area contributed by atoms with E-state index in [1.165, 1.54) is 0 Å². The average molecular weight is 330 g/mol. The highest BCUT2D eigenvalue weighted by atomic mass is 16.5. The van der Waals surface area contributed by atoms with Crippen LogP contribution in [0.5, 0.6) is 5.75 Å². The number of nitrogens with zero attached hydrogens (tertiary/aromatic N) is 1. The van der Waals surface area contributed by atoms with Crippen LogP contribution in [0.15, 0.2) is 24.3 Å². The van der Waals surface area contributed by atoms with Gasteiger partial charge >= 0.3 is 0 Å². The van der Waals surface area contributed by atoms with Crippen molar-refractivity contribution in [2.24, 2.45) is 5.92 Å². The standard InChI is InChI=1S/C19H26N2O3/c1-13(2)11-20-18(23)19(14-5-4-6-16(9-14)24-3)10-15-7-8-17(22)21(15)12-19/h4-6,9,13,15H,7-8,10-12H2,1-3H3,(H,20,23)/t15-,19-/m0/s1. The van der Waals surface area contributed by atoms with Gasteiger partial charge < -0.3 is 15.0 Å². The maximum atomic E-state index is 13.1. The largest absolute Gasteiger partial charge is 0.497 e. The van der Waals surface area contributed by atoms with Crippen LogP contribution in [0.3, 0.4) is 0 Å². The average Bonchev–Trinajstić information content (AvgIpc) is 3.13. The zero-order chi connectivity index (χ0) is 17.3. The van der Waals surface area contributed by atoms with Gasteiger partial charge in [-0.15, -0.1) is 0 Å². The minimum Gasteiger partial charge on any atom is -0.497 e. The number of fused-ring (bicyclic) bond motifs is 1. The third-order valence-corrected chi connectivity index (χ3v) is 5.20. The quantitative estimate of drug-likeness (QED) is 0.899. The molecule has 130 valence electrons. The molecular formula is C19H26N2O3. The molecule has 5 heteroatoms. The first kappa shape index (κ1) is 16.8. The lowest BCUT2D eigenvalue weighted by molar-refractivity contribution is -0.129. The molecule has 0 unspecified atom stereocenters. The van der Waals surface area contributed by atoms with E-state index in [1.54, 1.807) is 7.11 Å². The molecule has 2 aliphatic rings. The van der Waals surface area contributed by atoms with Crippen molar-refractivity contribution in [2.45, 2.75) is 44.6 Å². The molecule has 5 nitrogen and oxygen atoms in total. The van der Waals surface area contributed by atoms with Crippen molar-refractivity contribution < 1.29 is 14.3 Å². The maximum Gasteiger partial charge on any atom is 0.232 e. The molecule has 2 heterocycles. The fourth-order valence-corrected chi connectivity index (χ4v) is 3.87. The molecule has 2 amide bonds. The van der Waals surface area contributed by atoms with Crippen molar-refractivity contribution in [3.8, 4) is 5.75 Å². The second-order valence-corrected chi connectivity index (χ2v) is 7.34. The number of ether oxygens (including phenoxy) is 1. The molecule has 0 saturated carbocycles. The summed E-state index contributed by atoms with van der Waals surface area (Å²) in [5.74, 6) is 1.31. The Morgan fingerprint density at radius 1 is 1.46 bits per heavy atom. The Bertz CT molecular complexity index is 643. The molecule has 0 bridgehead atoms. The van der Waals surface area contributed by atoms with Crippen molar-refractivity contribution in [1.82, 2.24) is 10.2 Å². The van der Waals surface area contributed by atoms with Crippen molar-refractivity contribution in [3.63, 3.8) is 0 Å².